The predicted octanol–water partition coefficient (Wildman–Crippen LogP) is 11.2. The lowest BCUT2D eigenvalue weighted by molar-refractivity contribution is -0.138. The molecule has 0 aliphatic heterocycles. The SMILES string of the molecule is CCCC(O)O.CCCCCCCCCCCCCCCC(=O)O.CCCCCCCCCCCCCCCC(=O)O. The summed E-state index contributed by atoms with van der Waals surface area (Å²) < 4.78 is 0. The molecule has 0 rings (SSSR count). The van der Waals surface area contributed by atoms with Crippen LogP contribution in [-0.4, -0.2) is 38.7 Å². The van der Waals surface area contributed by atoms with Crippen LogP contribution in [0.4, 0.5) is 0 Å². The van der Waals surface area contributed by atoms with E-state index in [2.05, 4.69) is 13.8 Å². The molecular formula is C36H74O6. The van der Waals surface area contributed by atoms with E-state index in [0.717, 1.165) is 32.1 Å². The van der Waals surface area contributed by atoms with Crippen molar-refractivity contribution in [3.8, 4) is 0 Å². The van der Waals surface area contributed by atoms with Crippen LogP contribution < -0.4 is 0 Å². The van der Waals surface area contributed by atoms with Gasteiger partial charge in [-0.15, -0.1) is 0 Å². The van der Waals surface area contributed by atoms with Crippen LogP contribution in [0.5, 0.6) is 0 Å². The number of hydrogen-bond donors (Lipinski definition) is 4. The second-order valence-corrected chi connectivity index (χ2v) is 12.0. The first-order valence-electron chi connectivity index (χ1n) is 18.1. The number of carboxylic acids is 2. The fraction of sp³-hybridized carbons (Fsp3) is 0.944. The summed E-state index contributed by atoms with van der Waals surface area (Å²) in [4.78, 5) is 20.6. The number of carboxylic acid groups (broad SMARTS) is 2. The summed E-state index contributed by atoms with van der Waals surface area (Å²) in [6, 6.07) is 0. The molecule has 0 heterocycles. The average molecular weight is 603 g/mol. The highest BCUT2D eigenvalue weighted by Gasteiger charge is 1.98. The minimum atomic E-state index is -1.10. The van der Waals surface area contributed by atoms with Crippen molar-refractivity contribution in [3.05, 3.63) is 0 Å². The fourth-order valence-corrected chi connectivity index (χ4v) is 4.85. The van der Waals surface area contributed by atoms with E-state index in [0.29, 0.717) is 19.3 Å². The van der Waals surface area contributed by atoms with Crippen LogP contribution in [0.2, 0.25) is 0 Å². The Kier molecular flexibility index (Phi) is 45.3. The average Bonchev–Trinajstić information content (AvgIpc) is 2.94. The van der Waals surface area contributed by atoms with Gasteiger partial charge in [-0.3, -0.25) is 9.59 Å². The third-order valence-electron chi connectivity index (χ3n) is 7.54. The van der Waals surface area contributed by atoms with E-state index in [-0.39, 0.29) is 0 Å². The Morgan fingerprint density at radius 2 is 0.595 bits per heavy atom. The minimum Gasteiger partial charge on any atom is -0.481 e. The van der Waals surface area contributed by atoms with E-state index in [4.69, 9.17) is 20.4 Å². The normalized spacial score (nSPS) is 10.6. The van der Waals surface area contributed by atoms with Gasteiger partial charge in [0, 0.05) is 12.8 Å². The Morgan fingerprint density at radius 3 is 0.738 bits per heavy atom. The van der Waals surface area contributed by atoms with Gasteiger partial charge in [-0.05, 0) is 19.3 Å². The van der Waals surface area contributed by atoms with E-state index in [1.54, 1.807) is 0 Å². The van der Waals surface area contributed by atoms with Gasteiger partial charge in [0.15, 0.2) is 6.29 Å². The summed E-state index contributed by atoms with van der Waals surface area (Å²) in [7, 11) is 0. The van der Waals surface area contributed by atoms with Crippen LogP contribution in [0, 0.1) is 0 Å². The number of carbonyl (C=O) groups is 2. The summed E-state index contributed by atoms with van der Waals surface area (Å²) >= 11 is 0. The van der Waals surface area contributed by atoms with Crippen molar-refractivity contribution in [1.82, 2.24) is 0 Å². The van der Waals surface area contributed by atoms with Gasteiger partial charge in [-0.1, -0.05) is 181 Å². The third kappa shape index (κ3) is 54.9. The zero-order valence-corrected chi connectivity index (χ0v) is 28.4. The molecule has 0 aromatic carbocycles. The van der Waals surface area contributed by atoms with Crippen LogP contribution in [-0.2, 0) is 9.59 Å². The van der Waals surface area contributed by atoms with Gasteiger partial charge in [-0.2, -0.15) is 0 Å². The molecule has 4 N–H and O–H groups in total. The van der Waals surface area contributed by atoms with E-state index < -0.39 is 18.2 Å². The van der Waals surface area contributed by atoms with Gasteiger partial charge >= 0.3 is 11.9 Å². The highest BCUT2D eigenvalue weighted by atomic mass is 16.5. The minimum absolute atomic E-state index is 0.345. The fourth-order valence-electron chi connectivity index (χ4n) is 4.85. The lowest BCUT2D eigenvalue weighted by Crippen LogP contribution is -2.01. The van der Waals surface area contributed by atoms with Crippen LogP contribution in [0.1, 0.15) is 213 Å². The molecule has 0 aliphatic rings. The summed E-state index contributed by atoms with van der Waals surface area (Å²) in [5, 5.41) is 33.2. The van der Waals surface area contributed by atoms with Crippen molar-refractivity contribution in [3.63, 3.8) is 0 Å². The Morgan fingerprint density at radius 1 is 0.381 bits per heavy atom. The van der Waals surface area contributed by atoms with Crippen LogP contribution in [0.25, 0.3) is 0 Å². The molecule has 42 heavy (non-hydrogen) atoms. The molecule has 0 fully saturated rings. The number of aliphatic hydroxyl groups is 2. The molecule has 0 spiro atoms. The number of aliphatic hydroxyl groups excluding tert-OH is 1. The Balaban J connectivity index is -0.000000607. The molecule has 0 saturated carbocycles. The zero-order valence-electron chi connectivity index (χ0n) is 28.4. The zero-order chi connectivity index (χ0) is 31.9. The van der Waals surface area contributed by atoms with Crippen LogP contribution in [0.15, 0.2) is 0 Å². The van der Waals surface area contributed by atoms with Crippen molar-refractivity contribution in [1.29, 1.82) is 0 Å². The van der Waals surface area contributed by atoms with Crippen molar-refractivity contribution >= 4 is 11.9 Å². The number of unbranched alkanes of at least 4 members (excludes halogenated alkanes) is 24. The first-order valence-corrected chi connectivity index (χ1v) is 18.1. The summed E-state index contributed by atoms with van der Waals surface area (Å²) in [5.41, 5.74) is 0. The van der Waals surface area contributed by atoms with Crippen LogP contribution in [0.3, 0.4) is 0 Å². The van der Waals surface area contributed by atoms with Crippen molar-refractivity contribution in [2.75, 3.05) is 0 Å². The molecule has 0 unspecified atom stereocenters. The van der Waals surface area contributed by atoms with E-state index >= 15 is 0 Å². The highest BCUT2D eigenvalue weighted by molar-refractivity contribution is 5.66. The summed E-state index contributed by atoms with van der Waals surface area (Å²) in [6.45, 7) is 6.42. The molecule has 0 radical (unpaired) electrons. The molecule has 254 valence electrons. The van der Waals surface area contributed by atoms with Gasteiger partial charge < -0.3 is 20.4 Å². The van der Waals surface area contributed by atoms with Gasteiger partial charge in [0.1, 0.15) is 0 Å². The largest absolute Gasteiger partial charge is 0.481 e. The summed E-state index contributed by atoms with van der Waals surface area (Å²) in [6.07, 6.45) is 34.8. The molecule has 0 bridgehead atoms. The van der Waals surface area contributed by atoms with Gasteiger partial charge in [0.05, 0.1) is 0 Å². The molecule has 0 amide bonds. The first kappa shape index (κ1) is 45.3. The lowest BCUT2D eigenvalue weighted by Gasteiger charge is -2.02. The van der Waals surface area contributed by atoms with E-state index in [9.17, 15) is 9.59 Å². The first-order chi connectivity index (χ1) is 20.3. The molecule has 6 nitrogen and oxygen atoms in total. The van der Waals surface area contributed by atoms with Gasteiger partial charge in [0.2, 0.25) is 0 Å². The third-order valence-corrected chi connectivity index (χ3v) is 7.54. The Bertz CT molecular complexity index is 469. The van der Waals surface area contributed by atoms with Crippen molar-refractivity contribution < 1.29 is 30.0 Å². The summed E-state index contributed by atoms with van der Waals surface area (Å²) in [5.74, 6) is -1.31. The number of rotatable bonds is 30. The van der Waals surface area contributed by atoms with Gasteiger partial charge in [0.25, 0.3) is 0 Å². The van der Waals surface area contributed by atoms with Crippen LogP contribution >= 0.6 is 0 Å². The molecule has 0 aromatic heterocycles. The highest BCUT2D eigenvalue weighted by Crippen LogP contribution is 2.14. The molecule has 0 aromatic rings. The van der Waals surface area contributed by atoms with Crippen molar-refractivity contribution in [2.45, 2.75) is 220 Å². The lowest BCUT2D eigenvalue weighted by atomic mass is 10.0. The Hall–Kier alpha value is -1.14. The molecular weight excluding hydrogens is 528 g/mol. The second kappa shape index (κ2) is 42.0. The monoisotopic (exact) mass is 603 g/mol. The maximum absolute atomic E-state index is 10.3. The predicted molar refractivity (Wildman–Crippen MR) is 179 cm³/mol. The maximum atomic E-state index is 10.3. The smallest absolute Gasteiger partial charge is 0.303 e. The number of hydrogen-bond acceptors (Lipinski definition) is 4. The molecule has 0 aliphatic carbocycles. The van der Waals surface area contributed by atoms with E-state index in [1.807, 2.05) is 6.92 Å². The topological polar surface area (TPSA) is 115 Å². The van der Waals surface area contributed by atoms with Gasteiger partial charge in [-0.25, -0.2) is 0 Å². The molecule has 0 atom stereocenters. The molecule has 0 saturated heterocycles. The van der Waals surface area contributed by atoms with E-state index in [1.165, 1.54) is 141 Å². The number of aliphatic carboxylic acids is 2. The maximum Gasteiger partial charge on any atom is 0.303 e. The quantitative estimate of drug-likeness (QED) is 0.0480. The Labute approximate surface area is 261 Å². The molecule has 6 heteroatoms. The second-order valence-electron chi connectivity index (χ2n) is 12.0. The standard InChI is InChI=1S/2C16H32O2.C4H10O2/c2*1-2-3-4-5-6-7-8-9-10-11-12-13-14-15-16(17)18;1-2-3-4(5)6/h2*2-15H2,1H3,(H,17,18);4-6H,2-3H2,1H3. The van der Waals surface area contributed by atoms with Crippen molar-refractivity contribution in [2.24, 2.45) is 0 Å².